The van der Waals surface area contributed by atoms with E-state index < -0.39 is 6.04 Å². The van der Waals surface area contributed by atoms with Crippen LogP contribution in [0.15, 0.2) is 48.5 Å². The molecule has 0 radical (unpaired) electrons. The lowest BCUT2D eigenvalue weighted by molar-refractivity contribution is -0.126. The number of nitrogens with one attached hydrogen (secondary N) is 1. The molecule has 0 unspecified atom stereocenters. The average Bonchev–Trinajstić information content (AvgIpc) is 2.75. The van der Waals surface area contributed by atoms with Crippen LogP contribution in [0.3, 0.4) is 0 Å². The third-order valence-corrected chi connectivity index (χ3v) is 4.05. The van der Waals surface area contributed by atoms with Crippen LogP contribution in [-0.4, -0.2) is 11.8 Å². The van der Waals surface area contributed by atoms with E-state index in [-0.39, 0.29) is 11.8 Å². The lowest BCUT2D eigenvalue weighted by Gasteiger charge is -2.19. The monoisotopic (exact) mass is 314 g/mol. The van der Waals surface area contributed by atoms with E-state index in [0.717, 1.165) is 16.8 Å². The second kappa shape index (κ2) is 5.81. The van der Waals surface area contributed by atoms with Gasteiger partial charge in [0.1, 0.15) is 6.04 Å². The number of rotatable bonds is 3. The fourth-order valence-electron chi connectivity index (χ4n) is 2.69. The lowest BCUT2D eigenvalue weighted by Crippen LogP contribution is -2.36. The summed E-state index contributed by atoms with van der Waals surface area (Å²) in [6, 6.07) is 14.3. The second-order valence-corrected chi connectivity index (χ2v) is 5.62. The Bertz CT molecular complexity index is 745. The molecule has 3 rings (SSSR count). The summed E-state index contributed by atoms with van der Waals surface area (Å²) in [5.74, 6) is -0.371. The number of nitrogens with zero attached hydrogens (tertiary/aromatic N) is 1. The molecule has 0 aromatic heterocycles. The zero-order valence-corrected chi connectivity index (χ0v) is 12.8. The fraction of sp³-hybridized carbons (Fsp3) is 0.176. The van der Waals surface area contributed by atoms with Gasteiger partial charge in [-0.3, -0.25) is 9.59 Å². The Morgan fingerprint density at radius 3 is 2.59 bits per heavy atom. The molecule has 1 aliphatic heterocycles. The molecule has 1 N–H and O–H groups in total. The SMILES string of the molecule is CC(=O)N[C@@H]1C(=O)N(Cc2ccccc2Cl)c2ccccc21. The summed E-state index contributed by atoms with van der Waals surface area (Å²) in [6.07, 6.45) is 0. The van der Waals surface area contributed by atoms with Crippen LogP contribution in [0.2, 0.25) is 5.02 Å². The van der Waals surface area contributed by atoms with Crippen LogP contribution in [0.25, 0.3) is 0 Å². The van der Waals surface area contributed by atoms with E-state index in [1.165, 1.54) is 6.92 Å². The molecule has 5 heteroatoms. The molecule has 1 heterocycles. The van der Waals surface area contributed by atoms with Crippen molar-refractivity contribution in [3.63, 3.8) is 0 Å². The van der Waals surface area contributed by atoms with Gasteiger partial charge in [-0.15, -0.1) is 0 Å². The molecular formula is C17H15ClN2O2. The molecule has 0 bridgehead atoms. The first-order chi connectivity index (χ1) is 10.6. The minimum Gasteiger partial charge on any atom is -0.341 e. The Labute approximate surface area is 133 Å². The van der Waals surface area contributed by atoms with Crippen LogP contribution in [0.1, 0.15) is 24.1 Å². The van der Waals surface area contributed by atoms with Crippen molar-refractivity contribution >= 4 is 29.1 Å². The van der Waals surface area contributed by atoms with Gasteiger partial charge in [-0.1, -0.05) is 48.0 Å². The Balaban J connectivity index is 1.97. The maximum absolute atomic E-state index is 12.7. The van der Waals surface area contributed by atoms with Crippen LogP contribution in [0.5, 0.6) is 0 Å². The highest BCUT2D eigenvalue weighted by molar-refractivity contribution is 6.31. The number of amides is 2. The summed E-state index contributed by atoms with van der Waals surface area (Å²) in [7, 11) is 0. The number of para-hydroxylation sites is 1. The number of hydrogen-bond donors (Lipinski definition) is 1. The molecular weight excluding hydrogens is 300 g/mol. The van der Waals surface area contributed by atoms with Crippen LogP contribution < -0.4 is 10.2 Å². The summed E-state index contributed by atoms with van der Waals surface area (Å²) in [6.45, 7) is 1.79. The van der Waals surface area contributed by atoms with Gasteiger partial charge in [-0.25, -0.2) is 0 Å². The highest BCUT2D eigenvalue weighted by Crippen LogP contribution is 2.37. The Hall–Kier alpha value is -2.33. The van der Waals surface area contributed by atoms with E-state index in [1.54, 1.807) is 11.0 Å². The van der Waals surface area contributed by atoms with E-state index in [4.69, 9.17) is 11.6 Å². The number of anilines is 1. The predicted molar refractivity (Wildman–Crippen MR) is 85.6 cm³/mol. The molecule has 0 saturated carbocycles. The van der Waals surface area contributed by atoms with Gasteiger partial charge in [0.25, 0.3) is 5.91 Å². The van der Waals surface area contributed by atoms with Gasteiger partial charge in [-0.2, -0.15) is 0 Å². The summed E-state index contributed by atoms with van der Waals surface area (Å²) >= 11 is 6.19. The average molecular weight is 315 g/mol. The van der Waals surface area contributed by atoms with Crippen molar-refractivity contribution in [1.82, 2.24) is 5.32 Å². The third kappa shape index (κ3) is 2.57. The van der Waals surface area contributed by atoms with Gasteiger partial charge in [0.2, 0.25) is 5.91 Å². The van der Waals surface area contributed by atoms with Gasteiger partial charge in [0.15, 0.2) is 0 Å². The smallest absolute Gasteiger partial charge is 0.254 e. The van der Waals surface area contributed by atoms with Crippen molar-refractivity contribution in [2.75, 3.05) is 4.90 Å². The number of fused-ring (bicyclic) bond motifs is 1. The lowest BCUT2D eigenvalue weighted by atomic mass is 10.1. The molecule has 0 aliphatic carbocycles. The first kappa shape index (κ1) is 14.6. The number of hydrogen-bond acceptors (Lipinski definition) is 2. The first-order valence-corrected chi connectivity index (χ1v) is 7.36. The zero-order chi connectivity index (χ0) is 15.7. The van der Waals surface area contributed by atoms with Crippen molar-refractivity contribution in [3.05, 3.63) is 64.7 Å². The predicted octanol–water partition coefficient (Wildman–Crippen LogP) is 3.06. The van der Waals surface area contributed by atoms with Gasteiger partial charge in [-0.05, 0) is 17.7 Å². The Morgan fingerprint density at radius 2 is 1.86 bits per heavy atom. The molecule has 2 amide bonds. The Kier molecular flexibility index (Phi) is 3.86. The molecule has 4 nitrogen and oxygen atoms in total. The summed E-state index contributed by atoms with van der Waals surface area (Å²) in [5, 5.41) is 3.34. The van der Waals surface area contributed by atoms with Gasteiger partial charge in [0, 0.05) is 23.2 Å². The number of carbonyl (C=O) groups excluding carboxylic acids is 2. The molecule has 22 heavy (non-hydrogen) atoms. The van der Waals surface area contributed by atoms with Crippen molar-refractivity contribution < 1.29 is 9.59 Å². The summed E-state index contributed by atoms with van der Waals surface area (Å²) in [4.78, 5) is 25.7. The van der Waals surface area contributed by atoms with Gasteiger partial charge < -0.3 is 10.2 Å². The van der Waals surface area contributed by atoms with E-state index in [9.17, 15) is 9.59 Å². The standard InChI is InChI=1S/C17H15ClN2O2/c1-11(21)19-16-13-7-3-5-9-15(13)20(17(16)22)10-12-6-2-4-8-14(12)18/h2-9,16H,10H2,1H3,(H,19,21)/t16-/m0/s1. The normalized spacial score (nSPS) is 16.5. The van der Waals surface area contributed by atoms with Crippen molar-refractivity contribution in [2.45, 2.75) is 19.5 Å². The number of benzene rings is 2. The van der Waals surface area contributed by atoms with Crippen LogP contribution in [0.4, 0.5) is 5.69 Å². The van der Waals surface area contributed by atoms with Crippen LogP contribution in [0, 0.1) is 0 Å². The minimum absolute atomic E-state index is 0.142. The summed E-state index contributed by atoms with van der Waals surface area (Å²) in [5.41, 5.74) is 2.50. The first-order valence-electron chi connectivity index (χ1n) is 6.98. The summed E-state index contributed by atoms with van der Waals surface area (Å²) < 4.78 is 0. The zero-order valence-electron chi connectivity index (χ0n) is 12.0. The highest BCUT2D eigenvalue weighted by atomic mass is 35.5. The van der Waals surface area contributed by atoms with Crippen molar-refractivity contribution in [3.8, 4) is 0 Å². The molecule has 2 aromatic rings. The molecule has 0 fully saturated rings. The van der Waals surface area contributed by atoms with E-state index >= 15 is 0 Å². The molecule has 0 saturated heterocycles. The number of halogens is 1. The van der Waals surface area contributed by atoms with Gasteiger partial charge in [0.05, 0.1) is 6.54 Å². The minimum atomic E-state index is -0.629. The van der Waals surface area contributed by atoms with Gasteiger partial charge >= 0.3 is 0 Å². The fourth-order valence-corrected chi connectivity index (χ4v) is 2.88. The van der Waals surface area contributed by atoms with Crippen LogP contribution >= 0.6 is 11.6 Å². The highest BCUT2D eigenvalue weighted by Gasteiger charge is 2.37. The van der Waals surface area contributed by atoms with E-state index in [2.05, 4.69) is 5.32 Å². The largest absolute Gasteiger partial charge is 0.341 e. The second-order valence-electron chi connectivity index (χ2n) is 5.21. The quantitative estimate of drug-likeness (QED) is 0.946. The molecule has 2 aromatic carbocycles. The number of carbonyl (C=O) groups is 2. The maximum atomic E-state index is 12.7. The Morgan fingerprint density at radius 1 is 1.18 bits per heavy atom. The van der Waals surface area contributed by atoms with E-state index in [1.807, 2.05) is 42.5 Å². The molecule has 0 spiro atoms. The van der Waals surface area contributed by atoms with E-state index in [0.29, 0.717) is 11.6 Å². The molecule has 1 atom stereocenters. The maximum Gasteiger partial charge on any atom is 0.254 e. The molecule has 1 aliphatic rings. The topological polar surface area (TPSA) is 49.4 Å². The van der Waals surface area contributed by atoms with Crippen molar-refractivity contribution in [1.29, 1.82) is 0 Å². The molecule has 112 valence electrons. The van der Waals surface area contributed by atoms with Crippen LogP contribution in [-0.2, 0) is 16.1 Å². The third-order valence-electron chi connectivity index (χ3n) is 3.69. The van der Waals surface area contributed by atoms with Crippen molar-refractivity contribution in [2.24, 2.45) is 0 Å².